The first-order valence-corrected chi connectivity index (χ1v) is 16.6. The third kappa shape index (κ3) is 4.20. The van der Waals surface area contributed by atoms with E-state index >= 15 is 0 Å². The molecule has 8 nitrogen and oxygen atoms in total. The average Bonchev–Trinajstić information content (AvgIpc) is 3.37. The van der Waals surface area contributed by atoms with Gasteiger partial charge in [0.25, 0.3) is 11.8 Å². The lowest BCUT2D eigenvalue weighted by molar-refractivity contribution is -0.125. The van der Waals surface area contributed by atoms with E-state index in [-0.39, 0.29) is 40.4 Å². The third-order valence-electron chi connectivity index (χ3n) is 9.58. The van der Waals surface area contributed by atoms with Crippen LogP contribution in [0, 0.1) is 23.6 Å². The first-order chi connectivity index (χ1) is 21.8. The number of halogens is 5. The van der Waals surface area contributed by atoms with Gasteiger partial charge in [-0.3, -0.25) is 24.1 Å². The molecule has 1 saturated carbocycles. The molecule has 2 aliphatic heterocycles. The van der Waals surface area contributed by atoms with Crippen molar-refractivity contribution in [1.82, 2.24) is 0 Å². The highest BCUT2D eigenvalue weighted by Gasteiger charge is 2.76. The van der Waals surface area contributed by atoms with Crippen LogP contribution in [0.15, 0.2) is 81.3 Å². The number of benzene rings is 3. The lowest BCUT2D eigenvalue weighted by atomic mass is 9.56. The molecule has 0 spiro atoms. The Morgan fingerprint density at radius 1 is 0.891 bits per heavy atom. The number of phenolic OH excluding ortho intramolecular Hbond substituents is 1. The van der Waals surface area contributed by atoms with Crippen LogP contribution >= 0.6 is 55.1 Å². The fourth-order valence-electron chi connectivity index (χ4n) is 7.53. The van der Waals surface area contributed by atoms with Crippen molar-refractivity contribution in [2.24, 2.45) is 17.8 Å². The zero-order chi connectivity index (χ0) is 32.9. The highest BCUT2D eigenvalue weighted by atomic mass is 79.9. The Kier molecular flexibility index (Phi) is 7.43. The Balaban J connectivity index is 1.42. The number of carbonyl (C=O) groups excluding carboxylic acids is 4. The molecular weight excluding hydrogens is 770 g/mol. The van der Waals surface area contributed by atoms with Crippen molar-refractivity contribution in [1.29, 1.82) is 0 Å². The maximum Gasteiger partial charge on any atom is 0.258 e. The second-order valence-electron chi connectivity index (χ2n) is 11.8. The molecule has 0 aromatic heterocycles. The molecule has 2 heterocycles. The Bertz CT molecular complexity index is 1890. The van der Waals surface area contributed by atoms with E-state index in [0.717, 1.165) is 21.5 Å². The van der Waals surface area contributed by atoms with Gasteiger partial charge in [0.05, 0.1) is 34.8 Å². The molecule has 0 bridgehead atoms. The molecule has 3 fully saturated rings. The monoisotopic (exact) mass is 790 g/mol. The van der Waals surface area contributed by atoms with Gasteiger partial charge in [0.15, 0.2) is 21.2 Å². The van der Waals surface area contributed by atoms with Crippen molar-refractivity contribution < 1.29 is 33.4 Å². The Hall–Kier alpha value is -3.25. The summed E-state index contributed by atoms with van der Waals surface area (Å²) in [5, 5.41) is 10.6. The smallest absolute Gasteiger partial charge is 0.258 e. The highest BCUT2D eigenvalue weighted by Crippen LogP contribution is 2.66. The van der Waals surface area contributed by atoms with Gasteiger partial charge in [-0.15, -0.1) is 23.2 Å². The minimum absolute atomic E-state index is 0.0712. The molecule has 4 amide bonds. The van der Waals surface area contributed by atoms with Crippen molar-refractivity contribution in [2.45, 2.75) is 28.5 Å². The number of phenols is 1. The predicted octanol–water partition coefficient (Wildman–Crippen LogP) is 6.83. The molecule has 0 radical (unpaired) electrons. The average molecular weight is 793 g/mol. The van der Waals surface area contributed by atoms with Crippen LogP contribution in [0.5, 0.6) is 11.5 Å². The number of methoxy groups -OCH3 is 1. The number of nitrogens with zero attached hydrogens (tertiary/aromatic N) is 2. The number of hydrogen-bond donors (Lipinski definition) is 1. The number of ether oxygens (including phenoxy) is 1. The molecule has 6 unspecified atom stereocenters. The van der Waals surface area contributed by atoms with Gasteiger partial charge in [0.1, 0.15) is 5.82 Å². The summed E-state index contributed by atoms with van der Waals surface area (Å²) in [6.07, 6.45) is 1.79. The van der Waals surface area contributed by atoms with E-state index in [1.165, 1.54) is 30.2 Å². The zero-order valence-electron chi connectivity index (χ0n) is 23.8. The van der Waals surface area contributed by atoms with E-state index < -0.39 is 57.0 Å². The Morgan fingerprint density at radius 2 is 1.52 bits per heavy atom. The molecule has 46 heavy (non-hydrogen) atoms. The summed E-state index contributed by atoms with van der Waals surface area (Å²) in [7, 11) is 1.36. The van der Waals surface area contributed by atoms with Gasteiger partial charge in [-0.2, -0.15) is 0 Å². The molecule has 4 aliphatic rings. The van der Waals surface area contributed by atoms with Crippen LogP contribution in [-0.2, 0) is 19.2 Å². The number of aromatic hydroxyl groups is 1. The molecule has 13 heteroatoms. The number of allylic oxidation sites excluding steroid dienone is 2. The highest BCUT2D eigenvalue weighted by molar-refractivity contribution is 9.10. The van der Waals surface area contributed by atoms with Crippen LogP contribution in [0.1, 0.15) is 24.3 Å². The van der Waals surface area contributed by atoms with Gasteiger partial charge in [0, 0.05) is 10.4 Å². The first kappa shape index (κ1) is 31.4. The summed E-state index contributed by atoms with van der Waals surface area (Å²) in [5.74, 6) is -6.60. The number of carbonyl (C=O) groups is 4. The summed E-state index contributed by atoms with van der Waals surface area (Å²) < 4.78 is 20.3. The minimum Gasteiger partial charge on any atom is -0.503 e. The number of hydrogen-bond acceptors (Lipinski definition) is 6. The van der Waals surface area contributed by atoms with E-state index in [1.807, 2.05) is 6.08 Å². The van der Waals surface area contributed by atoms with E-state index in [2.05, 4.69) is 31.9 Å². The van der Waals surface area contributed by atoms with Crippen LogP contribution in [0.2, 0.25) is 0 Å². The number of rotatable bonds is 4. The summed E-state index contributed by atoms with van der Waals surface area (Å²) >= 11 is 21.5. The summed E-state index contributed by atoms with van der Waals surface area (Å²) in [5.41, 5.74) is 1.46. The number of alkyl halides is 2. The number of fused-ring (bicyclic) bond motifs is 4. The van der Waals surface area contributed by atoms with E-state index in [0.29, 0.717) is 16.8 Å². The fraction of sp³-hybridized carbons (Fsp3) is 0.273. The molecule has 7 rings (SSSR count). The lowest BCUT2D eigenvalue weighted by Gasteiger charge is -2.50. The fourth-order valence-corrected chi connectivity index (χ4v) is 9.19. The number of imide groups is 2. The Morgan fingerprint density at radius 3 is 2.17 bits per heavy atom. The Labute approximate surface area is 289 Å². The molecule has 1 N–H and O–H groups in total. The maximum atomic E-state index is 14.5. The van der Waals surface area contributed by atoms with Crippen molar-refractivity contribution >= 4 is 90.1 Å². The van der Waals surface area contributed by atoms with Gasteiger partial charge in [-0.25, -0.2) is 9.29 Å². The normalized spacial score (nSPS) is 30.3. The van der Waals surface area contributed by atoms with E-state index in [4.69, 9.17) is 27.9 Å². The molecule has 236 valence electrons. The minimum atomic E-state index is -2.12. The first-order valence-electron chi connectivity index (χ1n) is 14.3. The van der Waals surface area contributed by atoms with Crippen molar-refractivity contribution in [3.05, 3.63) is 92.6 Å². The molecule has 6 atom stereocenters. The van der Waals surface area contributed by atoms with Gasteiger partial charge < -0.3 is 9.84 Å². The summed E-state index contributed by atoms with van der Waals surface area (Å²) in [4.78, 5) is 54.6. The van der Waals surface area contributed by atoms with Crippen LogP contribution in [0.25, 0.3) is 0 Å². The third-order valence-corrected chi connectivity index (χ3v) is 12.1. The van der Waals surface area contributed by atoms with Crippen LogP contribution in [-0.4, -0.2) is 45.6 Å². The second-order valence-corrected chi connectivity index (χ2v) is 14.8. The van der Waals surface area contributed by atoms with Crippen LogP contribution < -0.4 is 14.5 Å². The standard InChI is InChI=1S/C33H23Br2Cl2FN2O6/c1-46-24-13-15(12-23(35)27(24)41)26-20-10-11-21-25(29(43)39(28(21)42)18-6-2-16(34)3-7-18)22(20)14-32(36)30(44)40(31(45)33(26,32)37)19-8-4-17(38)5-9-19/h2-10,12-13,21-22,25-26,41H,11,14H2,1H3. The second kappa shape index (κ2) is 10.9. The van der Waals surface area contributed by atoms with Crippen molar-refractivity contribution in [2.75, 3.05) is 16.9 Å². The molecule has 3 aromatic rings. The predicted molar refractivity (Wildman–Crippen MR) is 176 cm³/mol. The topological polar surface area (TPSA) is 104 Å². The quantitative estimate of drug-likeness (QED) is 0.177. The zero-order valence-corrected chi connectivity index (χ0v) is 28.5. The van der Waals surface area contributed by atoms with Crippen molar-refractivity contribution in [3.8, 4) is 11.5 Å². The van der Waals surface area contributed by atoms with E-state index in [1.54, 1.807) is 30.3 Å². The van der Waals surface area contributed by atoms with Crippen LogP contribution in [0.3, 0.4) is 0 Å². The maximum absolute atomic E-state index is 14.5. The molecular formula is C33H23Br2Cl2FN2O6. The number of anilines is 2. The summed E-state index contributed by atoms with van der Waals surface area (Å²) in [6, 6.07) is 14.7. The molecule has 2 saturated heterocycles. The van der Waals surface area contributed by atoms with Gasteiger partial charge in [-0.1, -0.05) is 27.6 Å². The van der Waals surface area contributed by atoms with Crippen LogP contribution in [0.4, 0.5) is 15.8 Å². The molecule has 2 aliphatic carbocycles. The van der Waals surface area contributed by atoms with Gasteiger partial charge >= 0.3 is 0 Å². The number of amides is 4. The molecule has 3 aromatic carbocycles. The SMILES string of the molecule is COc1cc(C2C3=CCC4C(=O)N(c5ccc(Br)cc5)C(=O)C4C3CC3(Cl)C(=O)N(c4ccc(F)cc4)C(=O)C23Cl)cc(Br)c1O. The van der Waals surface area contributed by atoms with Gasteiger partial charge in [-0.05, 0) is 101 Å². The largest absolute Gasteiger partial charge is 0.503 e. The lowest BCUT2D eigenvalue weighted by Crippen LogP contribution is -2.60. The van der Waals surface area contributed by atoms with E-state index in [9.17, 15) is 28.7 Å². The van der Waals surface area contributed by atoms with Gasteiger partial charge in [0.2, 0.25) is 11.8 Å². The summed E-state index contributed by atoms with van der Waals surface area (Å²) in [6.45, 7) is 0. The van der Waals surface area contributed by atoms with Crippen molar-refractivity contribution in [3.63, 3.8) is 0 Å².